The molecule has 0 radical (unpaired) electrons. The topological polar surface area (TPSA) is 40.5 Å². The first kappa shape index (κ1) is 10.8. The smallest absolute Gasteiger partial charge is 0.0658 e. The van der Waals surface area contributed by atoms with Gasteiger partial charge in [0, 0.05) is 0 Å². The Labute approximate surface area is 97.4 Å². The highest BCUT2D eigenvalue weighted by Crippen LogP contribution is 2.62. The van der Waals surface area contributed by atoms with Gasteiger partial charge < -0.3 is 10.2 Å². The van der Waals surface area contributed by atoms with Gasteiger partial charge in [0.25, 0.3) is 0 Å². The maximum Gasteiger partial charge on any atom is 0.0658 e. The number of hydrogen-bond donors (Lipinski definition) is 2. The lowest BCUT2D eigenvalue weighted by molar-refractivity contribution is -0.162. The second-order valence-corrected chi connectivity index (χ2v) is 6.54. The molecule has 2 N–H and O–H groups in total. The van der Waals surface area contributed by atoms with Gasteiger partial charge in [-0.2, -0.15) is 0 Å². The van der Waals surface area contributed by atoms with E-state index in [4.69, 9.17) is 5.11 Å². The van der Waals surface area contributed by atoms with Crippen LogP contribution in [0.3, 0.4) is 0 Å². The Balaban J connectivity index is 1.78. The van der Waals surface area contributed by atoms with E-state index in [2.05, 4.69) is 6.08 Å². The summed E-state index contributed by atoms with van der Waals surface area (Å²) in [5.74, 6) is 1.54. The monoisotopic (exact) mass is 222 g/mol. The van der Waals surface area contributed by atoms with Crippen LogP contribution in [0.4, 0.5) is 0 Å². The van der Waals surface area contributed by atoms with E-state index in [9.17, 15) is 5.11 Å². The minimum atomic E-state index is -0.336. The summed E-state index contributed by atoms with van der Waals surface area (Å²) in [6.07, 6.45) is 12.1. The number of rotatable bonds is 3. The maximum atomic E-state index is 10.6. The molecule has 2 atom stereocenters. The summed E-state index contributed by atoms with van der Waals surface area (Å²) in [6, 6.07) is 0. The summed E-state index contributed by atoms with van der Waals surface area (Å²) in [5.41, 5.74) is 0.0294. The fraction of sp³-hybridized carbons (Fsp3) is 0.857. The van der Waals surface area contributed by atoms with Crippen LogP contribution in [0, 0.1) is 17.3 Å². The molecule has 90 valence electrons. The minimum absolute atomic E-state index is 0.146. The predicted octanol–water partition coefficient (Wildman–Crippen LogP) is 2.26. The lowest BCUT2D eigenvalue weighted by atomic mass is 9.47. The standard InChI is InChI=1S/C14H22O2/c15-4-2-1-3-13-6-11-5-12(7-13)9-14(16,8-11)10-13/h1-2,11-12,15-16H,3-10H2. The van der Waals surface area contributed by atoms with E-state index in [0.29, 0.717) is 5.41 Å². The summed E-state index contributed by atoms with van der Waals surface area (Å²) in [4.78, 5) is 0. The zero-order chi connectivity index (χ0) is 11.2. The minimum Gasteiger partial charge on any atom is -0.392 e. The highest BCUT2D eigenvalue weighted by atomic mass is 16.3. The van der Waals surface area contributed by atoms with Crippen LogP contribution in [0.2, 0.25) is 0 Å². The summed E-state index contributed by atoms with van der Waals surface area (Å²) in [5, 5.41) is 19.3. The fourth-order valence-electron chi connectivity index (χ4n) is 5.05. The highest BCUT2D eigenvalue weighted by Gasteiger charge is 2.56. The summed E-state index contributed by atoms with van der Waals surface area (Å²) < 4.78 is 0. The molecule has 4 fully saturated rings. The van der Waals surface area contributed by atoms with Gasteiger partial charge in [-0.25, -0.2) is 0 Å². The largest absolute Gasteiger partial charge is 0.392 e. The molecule has 4 rings (SSSR count). The van der Waals surface area contributed by atoms with Crippen molar-refractivity contribution in [1.29, 1.82) is 0 Å². The Kier molecular flexibility index (Phi) is 2.41. The normalized spacial score (nSPS) is 50.4. The van der Waals surface area contributed by atoms with Crippen molar-refractivity contribution in [3.05, 3.63) is 12.2 Å². The summed E-state index contributed by atoms with van der Waals surface area (Å²) >= 11 is 0. The molecular weight excluding hydrogens is 200 g/mol. The lowest BCUT2D eigenvalue weighted by Crippen LogP contribution is -2.55. The quantitative estimate of drug-likeness (QED) is 0.719. The van der Waals surface area contributed by atoms with E-state index in [1.165, 1.54) is 19.3 Å². The first-order valence-electron chi connectivity index (χ1n) is 6.61. The van der Waals surface area contributed by atoms with E-state index < -0.39 is 0 Å². The molecule has 0 aliphatic heterocycles. The molecule has 0 aromatic rings. The summed E-state index contributed by atoms with van der Waals surface area (Å²) in [7, 11) is 0. The van der Waals surface area contributed by atoms with Crippen LogP contribution in [-0.2, 0) is 0 Å². The third kappa shape index (κ3) is 1.72. The number of hydrogen-bond acceptors (Lipinski definition) is 2. The number of allylic oxidation sites excluding steroid dienone is 1. The third-order valence-corrected chi connectivity index (χ3v) is 4.97. The van der Waals surface area contributed by atoms with Crippen molar-refractivity contribution in [2.45, 2.75) is 50.5 Å². The van der Waals surface area contributed by atoms with Gasteiger partial charge >= 0.3 is 0 Å². The summed E-state index contributed by atoms with van der Waals surface area (Å²) in [6.45, 7) is 0.146. The van der Waals surface area contributed by atoms with Gasteiger partial charge in [0.15, 0.2) is 0 Å². The molecule has 0 saturated heterocycles. The average Bonchev–Trinajstić information content (AvgIpc) is 2.13. The van der Waals surface area contributed by atoms with Crippen molar-refractivity contribution >= 4 is 0 Å². The second-order valence-electron chi connectivity index (χ2n) is 6.54. The molecule has 4 bridgehead atoms. The molecule has 2 unspecified atom stereocenters. The van der Waals surface area contributed by atoms with E-state index in [-0.39, 0.29) is 12.2 Å². The molecule has 4 aliphatic rings. The van der Waals surface area contributed by atoms with Gasteiger partial charge in [0.05, 0.1) is 12.2 Å². The van der Waals surface area contributed by atoms with Crippen LogP contribution in [0.1, 0.15) is 44.9 Å². The molecule has 0 aromatic heterocycles. The van der Waals surface area contributed by atoms with E-state index in [0.717, 1.165) is 37.5 Å². The lowest BCUT2D eigenvalue weighted by Gasteiger charge is -2.60. The molecule has 2 heteroatoms. The number of aliphatic hydroxyl groups is 2. The molecule has 0 heterocycles. The van der Waals surface area contributed by atoms with Gasteiger partial charge in [0.2, 0.25) is 0 Å². The van der Waals surface area contributed by atoms with Crippen LogP contribution in [0.25, 0.3) is 0 Å². The molecule has 16 heavy (non-hydrogen) atoms. The fourth-order valence-corrected chi connectivity index (χ4v) is 5.05. The van der Waals surface area contributed by atoms with Crippen molar-refractivity contribution in [2.75, 3.05) is 6.61 Å². The molecule has 2 nitrogen and oxygen atoms in total. The molecule has 0 spiro atoms. The Morgan fingerprint density at radius 3 is 2.31 bits per heavy atom. The van der Waals surface area contributed by atoms with Crippen LogP contribution in [0.5, 0.6) is 0 Å². The average molecular weight is 222 g/mol. The van der Waals surface area contributed by atoms with Crippen molar-refractivity contribution < 1.29 is 10.2 Å². The van der Waals surface area contributed by atoms with Crippen LogP contribution >= 0.6 is 0 Å². The van der Waals surface area contributed by atoms with Crippen molar-refractivity contribution in [1.82, 2.24) is 0 Å². The van der Waals surface area contributed by atoms with Gasteiger partial charge in [-0.15, -0.1) is 0 Å². The Morgan fingerprint density at radius 1 is 1.06 bits per heavy atom. The first-order chi connectivity index (χ1) is 7.63. The Bertz CT molecular complexity index is 294. The Morgan fingerprint density at radius 2 is 1.75 bits per heavy atom. The van der Waals surface area contributed by atoms with Crippen molar-refractivity contribution in [3.63, 3.8) is 0 Å². The molecular formula is C14H22O2. The van der Waals surface area contributed by atoms with Gasteiger partial charge in [-0.3, -0.25) is 0 Å². The van der Waals surface area contributed by atoms with E-state index >= 15 is 0 Å². The van der Waals surface area contributed by atoms with Gasteiger partial charge in [0.1, 0.15) is 0 Å². The van der Waals surface area contributed by atoms with Crippen LogP contribution in [0.15, 0.2) is 12.2 Å². The van der Waals surface area contributed by atoms with Crippen LogP contribution in [-0.4, -0.2) is 22.4 Å². The highest BCUT2D eigenvalue weighted by molar-refractivity contribution is 5.10. The van der Waals surface area contributed by atoms with Gasteiger partial charge in [-0.1, -0.05) is 12.2 Å². The number of aliphatic hydroxyl groups excluding tert-OH is 1. The zero-order valence-corrected chi connectivity index (χ0v) is 9.86. The molecule has 0 aromatic carbocycles. The molecule has 0 amide bonds. The predicted molar refractivity (Wildman–Crippen MR) is 62.9 cm³/mol. The Hall–Kier alpha value is -0.340. The molecule has 4 saturated carbocycles. The zero-order valence-electron chi connectivity index (χ0n) is 9.86. The van der Waals surface area contributed by atoms with Gasteiger partial charge in [-0.05, 0) is 62.2 Å². The van der Waals surface area contributed by atoms with E-state index in [1.54, 1.807) is 0 Å². The third-order valence-electron chi connectivity index (χ3n) is 4.97. The van der Waals surface area contributed by atoms with Crippen molar-refractivity contribution in [3.8, 4) is 0 Å². The van der Waals surface area contributed by atoms with E-state index in [1.807, 2.05) is 6.08 Å². The maximum absolute atomic E-state index is 10.6. The van der Waals surface area contributed by atoms with Crippen molar-refractivity contribution in [2.24, 2.45) is 17.3 Å². The molecule has 4 aliphatic carbocycles. The van der Waals surface area contributed by atoms with Crippen LogP contribution < -0.4 is 0 Å². The second kappa shape index (κ2) is 3.58. The first-order valence-corrected chi connectivity index (χ1v) is 6.61. The SMILES string of the molecule is OCC=CCC12CC3CC(CC(O)(C3)C1)C2.